The van der Waals surface area contributed by atoms with E-state index in [1.165, 1.54) is 11.6 Å². The fourth-order valence-electron chi connectivity index (χ4n) is 6.73. The third-order valence-electron chi connectivity index (χ3n) is 8.79. The zero-order valence-electron chi connectivity index (χ0n) is 22.3. The van der Waals surface area contributed by atoms with Gasteiger partial charge in [0.25, 0.3) is 5.60 Å². The molecule has 39 heavy (non-hydrogen) atoms. The van der Waals surface area contributed by atoms with Crippen LogP contribution in [0.4, 0.5) is 0 Å². The average Bonchev–Trinajstić information content (AvgIpc) is 3.65. The summed E-state index contributed by atoms with van der Waals surface area (Å²) < 4.78 is 11.0. The van der Waals surface area contributed by atoms with Crippen molar-refractivity contribution >= 4 is 17.5 Å². The Morgan fingerprint density at radius 2 is 1.77 bits per heavy atom. The Hall–Kier alpha value is -3.27. The maximum absolute atomic E-state index is 13.8. The Balaban J connectivity index is 1.52. The van der Waals surface area contributed by atoms with Crippen molar-refractivity contribution in [1.82, 2.24) is 5.32 Å². The number of carbonyl (C=O) groups is 3. The maximum atomic E-state index is 13.8. The first kappa shape index (κ1) is 27.3. The van der Waals surface area contributed by atoms with Gasteiger partial charge in [-0.2, -0.15) is 0 Å². The number of hydrogen-bond acceptors (Lipinski definition) is 9. The van der Waals surface area contributed by atoms with Crippen LogP contribution >= 0.6 is 0 Å². The fraction of sp³-hybridized carbons (Fsp3) is 0.500. The van der Waals surface area contributed by atoms with E-state index < -0.39 is 35.3 Å². The van der Waals surface area contributed by atoms with Crippen LogP contribution in [0.2, 0.25) is 0 Å². The van der Waals surface area contributed by atoms with E-state index in [2.05, 4.69) is 11.4 Å². The number of epoxide rings is 1. The number of hydrogen-bond donors (Lipinski definition) is 4. The first-order valence-corrected chi connectivity index (χ1v) is 13.6. The molecule has 1 aromatic rings. The Labute approximate surface area is 227 Å². The highest BCUT2D eigenvalue weighted by molar-refractivity contribution is 6.32. The van der Waals surface area contributed by atoms with Crippen molar-refractivity contribution in [2.75, 3.05) is 26.4 Å². The smallest absolute Gasteiger partial charge is 0.350 e. The average molecular weight is 537 g/mol. The molecule has 0 amide bonds. The van der Waals surface area contributed by atoms with E-state index in [0.717, 1.165) is 37.7 Å². The number of ether oxygens (including phenoxy) is 2. The number of ketones is 2. The number of rotatable bonds is 9. The van der Waals surface area contributed by atoms with Gasteiger partial charge in [-0.15, -0.1) is 0 Å². The van der Waals surface area contributed by atoms with Crippen LogP contribution in [0.3, 0.4) is 0 Å². The van der Waals surface area contributed by atoms with Gasteiger partial charge in [-0.1, -0.05) is 55.2 Å². The van der Waals surface area contributed by atoms with Gasteiger partial charge in [-0.25, -0.2) is 4.79 Å². The number of allylic oxidation sites excluding steroid dienone is 3. The molecular weight excluding hydrogens is 500 g/mol. The molecule has 1 aromatic carbocycles. The number of carbonyl (C=O) groups excluding carboxylic acids is 3. The molecule has 5 N–H and O–H groups in total. The zero-order valence-corrected chi connectivity index (χ0v) is 22.3. The predicted octanol–water partition coefficient (Wildman–Crippen LogP) is 2.48. The molecule has 0 aromatic heterocycles. The number of dihydropyridines is 1. The monoisotopic (exact) mass is 536 g/mol. The van der Waals surface area contributed by atoms with Crippen molar-refractivity contribution in [1.29, 1.82) is 0 Å². The van der Waals surface area contributed by atoms with Crippen molar-refractivity contribution in [2.24, 2.45) is 11.1 Å². The highest BCUT2D eigenvalue weighted by Crippen LogP contribution is 2.59. The van der Waals surface area contributed by atoms with Gasteiger partial charge in [-0.3, -0.25) is 9.59 Å². The molecule has 2 heterocycles. The molecule has 9 heteroatoms. The molecule has 2 aliphatic carbocycles. The van der Waals surface area contributed by atoms with Gasteiger partial charge >= 0.3 is 5.97 Å². The number of esters is 1. The Morgan fingerprint density at radius 1 is 1.08 bits per heavy atom. The van der Waals surface area contributed by atoms with Crippen molar-refractivity contribution in [3.63, 3.8) is 0 Å². The standard InChI is InChI=1S/C30H36N2O7/c1-19(16-28(10-5-2-6-11-28)21-9-12-32-24(31)15-21)20(18-34)17-29-25(35)22-7-3-4-8-23(22)26(36)30(29,39-29)27(37)38-14-13-33/h3-4,7-9,15,32-34H,2,5-6,10-14,16-18,31H2,1H3. The maximum Gasteiger partial charge on any atom is 0.350 e. The fourth-order valence-corrected chi connectivity index (χ4v) is 6.73. The minimum absolute atomic E-state index is 0.103. The molecule has 5 rings (SSSR count). The second-order valence-electron chi connectivity index (χ2n) is 11.1. The lowest BCUT2D eigenvalue weighted by Crippen LogP contribution is -2.51. The summed E-state index contributed by atoms with van der Waals surface area (Å²) in [6.07, 6.45) is 9.96. The molecule has 1 saturated carbocycles. The van der Waals surface area contributed by atoms with Crippen molar-refractivity contribution in [3.05, 3.63) is 70.1 Å². The van der Waals surface area contributed by atoms with Crippen LogP contribution in [0, 0.1) is 5.41 Å². The van der Waals surface area contributed by atoms with E-state index in [9.17, 15) is 24.6 Å². The number of aliphatic hydroxyl groups excluding tert-OH is 2. The van der Waals surface area contributed by atoms with Crippen molar-refractivity contribution in [2.45, 2.75) is 63.1 Å². The number of Topliss-reactive ketones (excluding diaryl/α,β-unsaturated/α-hetero) is 2. The molecule has 208 valence electrons. The molecular formula is C30H36N2O7. The SMILES string of the molecule is CC(CC1(C2=CCNC(N)=C2)CCCCC1)=C(CO)CC12OC1(C(=O)OCCO)C(=O)c1ccccc1C2=O. The van der Waals surface area contributed by atoms with Crippen LogP contribution in [0.5, 0.6) is 0 Å². The lowest BCUT2D eigenvalue weighted by molar-refractivity contribution is -0.149. The lowest BCUT2D eigenvalue weighted by Gasteiger charge is -2.41. The summed E-state index contributed by atoms with van der Waals surface area (Å²) in [5.74, 6) is -1.49. The van der Waals surface area contributed by atoms with Gasteiger partial charge in [0.1, 0.15) is 6.61 Å². The molecule has 0 radical (unpaired) electrons. The Bertz CT molecular complexity index is 1290. The van der Waals surface area contributed by atoms with E-state index in [1.807, 2.05) is 13.0 Å². The number of nitrogens with two attached hydrogens (primary N) is 1. The second kappa shape index (κ2) is 10.4. The van der Waals surface area contributed by atoms with Gasteiger partial charge in [0.2, 0.25) is 5.78 Å². The van der Waals surface area contributed by atoms with Crippen LogP contribution < -0.4 is 11.1 Å². The number of nitrogens with one attached hydrogen (secondary N) is 1. The summed E-state index contributed by atoms with van der Waals surface area (Å²) in [5.41, 5.74) is 4.93. The van der Waals surface area contributed by atoms with Gasteiger partial charge in [0, 0.05) is 24.1 Å². The number of fused-ring (bicyclic) bond motifs is 2. The molecule has 1 saturated heterocycles. The molecule has 0 spiro atoms. The molecule has 9 nitrogen and oxygen atoms in total. The Morgan fingerprint density at radius 3 is 2.41 bits per heavy atom. The van der Waals surface area contributed by atoms with Crippen molar-refractivity contribution in [3.8, 4) is 0 Å². The van der Waals surface area contributed by atoms with Crippen LogP contribution in [0.15, 0.2) is 59.0 Å². The zero-order chi connectivity index (χ0) is 27.8. The summed E-state index contributed by atoms with van der Waals surface area (Å²) in [6, 6.07) is 6.32. The highest BCUT2D eigenvalue weighted by Gasteiger charge is 2.85. The van der Waals surface area contributed by atoms with Crippen LogP contribution in [0.25, 0.3) is 0 Å². The molecule has 2 atom stereocenters. The molecule has 4 aliphatic rings. The van der Waals surface area contributed by atoms with Gasteiger partial charge in [0.05, 0.1) is 19.0 Å². The lowest BCUT2D eigenvalue weighted by atomic mass is 9.64. The third-order valence-corrected chi connectivity index (χ3v) is 8.79. The second-order valence-corrected chi connectivity index (χ2v) is 11.1. The van der Waals surface area contributed by atoms with Crippen LogP contribution in [-0.4, -0.2) is 65.3 Å². The highest BCUT2D eigenvalue weighted by atomic mass is 16.7. The molecule has 2 unspecified atom stereocenters. The quantitative estimate of drug-likeness (QED) is 0.161. The van der Waals surface area contributed by atoms with Gasteiger partial charge in [0.15, 0.2) is 11.4 Å². The van der Waals surface area contributed by atoms with Gasteiger partial charge < -0.3 is 30.7 Å². The van der Waals surface area contributed by atoms with Crippen LogP contribution in [0.1, 0.15) is 72.6 Å². The van der Waals surface area contributed by atoms with Crippen LogP contribution in [-0.2, 0) is 14.3 Å². The number of aliphatic hydroxyl groups is 2. The molecule has 2 fully saturated rings. The number of benzene rings is 1. The molecule has 2 aliphatic heterocycles. The summed E-state index contributed by atoms with van der Waals surface area (Å²) in [7, 11) is 0. The van der Waals surface area contributed by atoms with Crippen molar-refractivity contribution < 1.29 is 34.1 Å². The third kappa shape index (κ3) is 4.33. The summed E-state index contributed by atoms with van der Waals surface area (Å²) in [4.78, 5) is 40.7. The van der Waals surface area contributed by atoms with E-state index in [-0.39, 0.29) is 36.2 Å². The largest absolute Gasteiger partial charge is 0.461 e. The Kier molecular flexibility index (Phi) is 7.26. The minimum Gasteiger partial charge on any atom is -0.461 e. The van der Waals surface area contributed by atoms with E-state index in [1.54, 1.807) is 18.2 Å². The first-order valence-electron chi connectivity index (χ1n) is 13.6. The normalized spacial score (nSPS) is 27.8. The van der Waals surface area contributed by atoms with Gasteiger partial charge in [-0.05, 0) is 48.8 Å². The summed E-state index contributed by atoms with van der Waals surface area (Å²) >= 11 is 0. The van der Waals surface area contributed by atoms with E-state index in [4.69, 9.17) is 15.2 Å². The minimum atomic E-state index is -2.13. The predicted molar refractivity (Wildman–Crippen MR) is 143 cm³/mol. The molecule has 0 bridgehead atoms. The topological polar surface area (TPSA) is 151 Å². The van der Waals surface area contributed by atoms with E-state index >= 15 is 0 Å². The first-order chi connectivity index (χ1) is 18.7. The van der Waals surface area contributed by atoms with E-state index in [0.29, 0.717) is 24.4 Å². The summed E-state index contributed by atoms with van der Waals surface area (Å²) in [5, 5.41) is 22.8. The summed E-state index contributed by atoms with van der Waals surface area (Å²) in [6.45, 7) is 1.48.